The molecule has 0 saturated heterocycles. The molecule has 4 heteroatoms. The lowest BCUT2D eigenvalue weighted by Crippen LogP contribution is -2.36. The monoisotopic (exact) mass is 292 g/mol. The minimum Gasteiger partial charge on any atom is -0.488 e. The SMILES string of the molecule is CC(C)Oc1c(-c2ccccc2)c(=O)c1=Nc1cccnc1. The van der Waals surface area contributed by atoms with Crippen LogP contribution in [0.25, 0.3) is 11.1 Å². The Morgan fingerprint density at radius 3 is 2.50 bits per heavy atom. The van der Waals surface area contributed by atoms with Crippen LogP contribution in [0.5, 0.6) is 5.75 Å². The lowest BCUT2D eigenvalue weighted by molar-refractivity contribution is 0.237. The summed E-state index contributed by atoms with van der Waals surface area (Å²) in [6.45, 7) is 3.86. The molecule has 22 heavy (non-hydrogen) atoms. The third-order valence-electron chi connectivity index (χ3n) is 3.19. The highest BCUT2D eigenvalue weighted by molar-refractivity contribution is 5.73. The second-order valence-corrected chi connectivity index (χ2v) is 5.24. The first-order chi connectivity index (χ1) is 10.7. The smallest absolute Gasteiger partial charge is 0.219 e. The molecule has 4 nitrogen and oxygen atoms in total. The van der Waals surface area contributed by atoms with Crippen LogP contribution in [-0.2, 0) is 0 Å². The second-order valence-electron chi connectivity index (χ2n) is 5.24. The number of hydrogen-bond acceptors (Lipinski definition) is 4. The summed E-state index contributed by atoms with van der Waals surface area (Å²) in [5.41, 5.74) is 2.00. The van der Waals surface area contributed by atoms with Crippen molar-refractivity contribution in [3.05, 3.63) is 70.4 Å². The quantitative estimate of drug-likeness (QED) is 0.742. The molecule has 3 aromatic rings. The van der Waals surface area contributed by atoms with Crippen molar-refractivity contribution >= 4 is 5.69 Å². The predicted octanol–water partition coefficient (Wildman–Crippen LogP) is 3.00. The summed E-state index contributed by atoms with van der Waals surface area (Å²) < 4.78 is 5.82. The molecule has 0 saturated carbocycles. The standard InChI is InChI=1S/C18H16N2O2/c1-12(2)22-18-15(13-7-4-3-5-8-13)17(21)16(18)20-14-9-6-10-19-11-14/h3-12H,1-2H3. The van der Waals surface area contributed by atoms with Crippen LogP contribution in [-0.4, -0.2) is 11.1 Å². The van der Waals surface area contributed by atoms with Gasteiger partial charge in [0, 0.05) is 6.20 Å². The van der Waals surface area contributed by atoms with Gasteiger partial charge in [0.15, 0.2) is 11.1 Å². The largest absolute Gasteiger partial charge is 0.488 e. The van der Waals surface area contributed by atoms with Gasteiger partial charge in [0.2, 0.25) is 5.43 Å². The molecule has 0 N–H and O–H groups in total. The normalized spacial score (nSPS) is 12.0. The van der Waals surface area contributed by atoms with E-state index < -0.39 is 0 Å². The first kappa shape index (κ1) is 14.2. The number of rotatable bonds is 4. The van der Waals surface area contributed by atoms with Crippen molar-refractivity contribution in [2.75, 3.05) is 0 Å². The van der Waals surface area contributed by atoms with Gasteiger partial charge in [-0.25, -0.2) is 4.99 Å². The molecule has 0 aliphatic rings. The van der Waals surface area contributed by atoms with E-state index >= 15 is 0 Å². The van der Waals surface area contributed by atoms with E-state index in [2.05, 4.69) is 9.98 Å². The fourth-order valence-corrected chi connectivity index (χ4v) is 2.25. The van der Waals surface area contributed by atoms with Crippen molar-refractivity contribution in [2.24, 2.45) is 4.99 Å². The molecule has 0 aliphatic carbocycles. The number of benzene rings is 1. The Kier molecular flexibility index (Phi) is 3.83. The maximum atomic E-state index is 12.5. The van der Waals surface area contributed by atoms with Crippen LogP contribution in [0.4, 0.5) is 5.69 Å². The van der Waals surface area contributed by atoms with Gasteiger partial charge in [-0.05, 0) is 31.5 Å². The Bertz CT molecular complexity index is 846. The maximum Gasteiger partial charge on any atom is 0.219 e. The first-order valence-electron chi connectivity index (χ1n) is 7.17. The molecule has 1 heterocycles. The Morgan fingerprint density at radius 2 is 1.86 bits per heavy atom. The van der Waals surface area contributed by atoms with Gasteiger partial charge in [-0.15, -0.1) is 0 Å². The van der Waals surface area contributed by atoms with Crippen LogP contribution in [0.1, 0.15) is 13.8 Å². The van der Waals surface area contributed by atoms with Gasteiger partial charge in [-0.3, -0.25) is 9.78 Å². The Hall–Kier alpha value is -2.75. The zero-order valence-corrected chi connectivity index (χ0v) is 12.5. The molecular weight excluding hydrogens is 276 g/mol. The fourth-order valence-electron chi connectivity index (χ4n) is 2.25. The van der Waals surface area contributed by atoms with E-state index in [4.69, 9.17) is 4.74 Å². The maximum absolute atomic E-state index is 12.5. The van der Waals surface area contributed by atoms with Crippen LogP contribution in [0.15, 0.2) is 64.6 Å². The van der Waals surface area contributed by atoms with E-state index in [-0.39, 0.29) is 11.5 Å². The molecule has 0 spiro atoms. The van der Waals surface area contributed by atoms with Gasteiger partial charge in [0.1, 0.15) is 0 Å². The molecule has 0 aliphatic heterocycles. The van der Waals surface area contributed by atoms with Crippen molar-refractivity contribution in [1.29, 1.82) is 0 Å². The van der Waals surface area contributed by atoms with Gasteiger partial charge in [-0.1, -0.05) is 30.3 Å². The number of pyridine rings is 1. The highest BCUT2D eigenvalue weighted by Gasteiger charge is 2.23. The topological polar surface area (TPSA) is 51.5 Å². The zero-order chi connectivity index (χ0) is 15.5. The first-order valence-corrected chi connectivity index (χ1v) is 7.17. The Balaban J connectivity index is 2.13. The minimum atomic E-state index is -0.0919. The summed E-state index contributed by atoms with van der Waals surface area (Å²) in [6, 6.07) is 13.1. The van der Waals surface area contributed by atoms with Crippen LogP contribution < -0.4 is 15.5 Å². The van der Waals surface area contributed by atoms with E-state index in [9.17, 15) is 4.79 Å². The molecule has 0 unspecified atom stereocenters. The summed E-state index contributed by atoms with van der Waals surface area (Å²) in [5, 5.41) is 0.362. The highest BCUT2D eigenvalue weighted by atomic mass is 16.5. The third kappa shape index (κ3) is 2.68. The number of nitrogens with zero attached hydrogens (tertiary/aromatic N) is 2. The molecule has 110 valence electrons. The van der Waals surface area contributed by atoms with E-state index in [1.54, 1.807) is 24.5 Å². The van der Waals surface area contributed by atoms with Crippen molar-refractivity contribution in [3.63, 3.8) is 0 Å². The predicted molar refractivity (Wildman–Crippen MR) is 85.7 cm³/mol. The van der Waals surface area contributed by atoms with Crippen LogP contribution >= 0.6 is 0 Å². The van der Waals surface area contributed by atoms with Crippen molar-refractivity contribution in [3.8, 4) is 16.9 Å². The lowest BCUT2D eigenvalue weighted by Gasteiger charge is -2.17. The molecule has 1 aromatic heterocycles. The molecule has 0 amide bonds. The summed E-state index contributed by atoms with van der Waals surface area (Å²) in [7, 11) is 0. The Labute approximate surface area is 128 Å². The molecule has 3 rings (SSSR count). The molecule has 0 fully saturated rings. The van der Waals surface area contributed by atoms with Crippen molar-refractivity contribution < 1.29 is 4.74 Å². The highest BCUT2D eigenvalue weighted by Crippen LogP contribution is 2.26. The van der Waals surface area contributed by atoms with E-state index in [1.165, 1.54) is 0 Å². The van der Waals surface area contributed by atoms with Crippen LogP contribution in [0, 0.1) is 0 Å². The van der Waals surface area contributed by atoms with Gasteiger partial charge in [0.05, 0.1) is 23.6 Å². The van der Waals surface area contributed by atoms with Gasteiger partial charge in [0.25, 0.3) is 0 Å². The minimum absolute atomic E-state index is 0.0269. The summed E-state index contributed by atoms with van der Waals surface area (Å²) >= 11 is 0. The molecule has 0 bridgehead atoms. The number of hydrogen-bond donors (Lipinski definition) is 0. The van der Waals surface area contributed by atoms with E-state index in [0.717, 1.165) is 5.56 Å². The van der Waals surface area contributed by atoms with Gasteiger partial charge in [-0.2, -0.15) is 0 Å². The molecule has 2 aromatic carbocycles. The zero-order valence-electron chi connectivity index (χ0n) is 12.5. The number of ether oxygens (including phenoxy) is 1. The van der Waals surface area contributed by atoms with E-state index in [1.807, 2.05) is 44.2 Å². The van der Waals surface area contributed by atoms with Crippen LogP contribution in [0.2, 0.25) is 0 Å². The summed E-state index contributed by atoms with van der Waals surface area (Å²) in [4.78, 5) is 20.9. The van der Waals surface area contributed by atoms with Gasteiger partial charge >= 0.3 is 0 Å². The van der Waals surface area contributed by atoms with Crippen molar-refractivity contribution in [2.45, 2.75) is 20.0 Å². The molecular formula is C18H16N2O2. The van der Waals surface area contributed by atoms with Gasteiger partial charge < -0.3 is 4.74 Å². The molecule has 0 radical (unpaired) electrons. The Morgan fingerprint density at radius 1 is 1.09 bits per heavy atom. The number of aromatic nitrogens is 1. The average Bonchev–Trinajstić information content (AvgIpc) is 2.54. The third-order valence-corrected chi connectivity index (χ3v) is 3.19. The summed E-state index contributed by atoms with van der Waals surface area (Å²) in [6.07, 6.45) is 3.26. The second kappa shape index (κ2) is 5.93. The molecule has 0 atom stereocenters. The van der Waals surface area contributed by atoms with E-state index in [0.29, 0.717) is 22.4 Å². The fraction of sp³-hybridized carbons (Fsp3) is 0.167. The lowest BCUT2D eigenvalue weighted by atomic mass is 9.99. The average molecular weight is 292 g/mol. The summed E-state index contributed by atoms with van der Waals surface area (Å²) in [5.74, 6) is 0.565. The van der Waals surface area contributed by atoms with Crippen LogP contribution in [0.3, 0.4) is 0 Å². The van der Waals surface area contributed by atoms with Crippen molar-refractivity contribution in [1.82, 2.24) is 4.98 Å².